The minimum atomic E-state index is -0.262. The van der Waals surface area contributed by atoms with Crippen molar-refractivity contribution < 1.29 is 28.5 Å². The van der Waals surface area contributed by atoms with E-state index in [-0.39, 0.29) is 37.2 Å². The molecule has 0 bridgehead atoms. The summed E-state index contributed by atoms with van der Waals surface area (Å²) >= 11 is 0. The average molecular weight is 391 g/mol. The smallest absolute Gasteiger partial charge is 0.307 e. The first-order valence-electron chi connectivity index (χ1n) is 9.60. The van der Waals surface area contributed by atoms with E-state index in [1.165, 1.54) is 0 Å². The van der Waals surface area contributed by atoms with Gasteiger partial charge in [-0.15, -0.1) is 0 Å². The van der Waals surface area contributed by atoms with Crippen LogP contribution in [0, 0.1) is 5.41 Å². The van der Waals surface area contributed by atoms with Crippen LogP contribution in [0.5, 0.6) is 0 Å². The Kier molecular flexibility index (Phi) is 15.1. The molecule has 0 atom stereocenters. The van der Waals surface area contributed by atoms with Crippen LogP contribution in [0.15, 0.2) is 0 Å². The number of likely N-dealkylation sites (N-methyl/N-ethyl adjacent to an activating group) is 1. The van der Waals surface area contributed by atoms with E-state index in [4.69, 9.17) is 24.7 Å². The van der Waals surface area contributed by atoms with Crippen LogP contribution in [0.3, 0.4) is 0 Å². The van der Waals surface area contributed by atoms with Gasteiger partial charge in [-0.3, -0.25) is 9.59 Å². The summed E-state index contributed by atoms with van der Waals surface area (Å²) < 4.78 is 20.8. The molecule has 0 saturated carbocycles. The quantitative estimate of drug-likeness (QED) is 0.310. The lowest BCUT2D eigenvalue weighted by molar-refractivity contribution is -0.147. The van der Waals surface area contributed by atoms with Gasteiger partial charge in [0, 0.05) is 26.1 Å². The molecule has 0 radical (unpaired) electrons. The van der Waals surface area contributed by atoms with E-state index in [0.29, 0.717) is 45.8 Å². The predicted molar refractivity (Wildman–Crippen MR) is 103 cm³/mol. The highest BCUT2D eigenvalue weighted by atomic mass is 16.6. The Hall–Kier alpha value is -1.22. The zero-order valence-corrected chi connectivity index (χ0v) is 17.5. The van der Waals surface area contributed by atoms with Crippen molar-refractivity contribution in [2.24, 2.45) is 11.1 Å². The fraction of sp³-hybridized carbons (Fsp3) is 0.895. The van der Waals surface area contributed by atoms with Gasteiger partial charge in [0.2, 0.25) is 0 Å². The standard InChI is InChI=1S/C19H38N2O6/c1-19(2,3)7-5-17(22)26-15-13-25-14-16-27-18(23)6-9-21(4)10-12-24-11-8-20/h5-16,20H2,1-4H3. The molecule has 0 aromatic rings. The Labute approximate surface area is 163 Å². The van der Waals surface area contributed by atoms with Gasteiger partial charge in [-0.2, -0.15) is 0 Å². The predicted octanol–water partition coefficient (Wildman–Crippen LogP) is 1.21. The maximum atomic E-state index is 11.6. The van der Waals surface area contributed by atoms with Crippen molar-refractivity contribution in [2.75, 3.05) is 66.3 Å². The lowest BCUT2D eigenvalue weighted by Crippen LogP contribution is -2.27. The molecule has 0 aromatic heterocycles. The summed E-state index contributed by atoms with van der Waals surface area (Å²) in [7, 11) is 1.92. The maximum Gasteiger partial charge on any atom is 0.307 e. The van der Waals surface area contributed by atoms with E-state index in [9.17, 15) is 9.59 Å². The van der Waals surface area contributed by atoms with Gasteiger partial charge in [-0.25, -0.2) is 0 Å². The molecule has 0 spiro atoms. The topological polar surface area (TPSA) is 100 Å². The Morgan fingerprint density at radius 3 is 1.93 bits per heavy atom. The molecule has 0 aliphatic carbocycles. The van der Waals surface area contributed by atoms with Crippen molar-refractivity contribution in [2.45, 2.75) is 40.0 Å². The molecule has 0 fully saturated rings. The molecular formula is C19H38N2O6. The highest BCUT2D eigenvalue weighted by Crippen LogP contribution is 2.20. The highest BCUT2D eigenvalue weighted by Gasteiger charge is 2.13. The fourth-order valence-corrected chi connectivity index (χ4v) is 1.95. The second-order valence-electron chi connectivity index (χ2n) is 7.57. The molecule has 160 valence electrons. The second kappa shape index (κ2) is 15.8. The molecule has 2 N–H and O–H groups in total. The van der Waals surface area contributed by atoms with Gasteiger partial charge < -0.3 is 29.6 Å². The Bertz CT molecular complexity index is 398. The number of carbonyl (C=O) groups excluding carboxylic acids is 2. The van der Waals surface area contributed by atoms with Gasteiger partial charge in [-0.05, 0) is 18.9 Å². The monoisotopic (exact) mass is 390 g/mol. The number of nitrogens with two attached hydrogens (primary N) is 1. The van der Waals surface area contributed by atoms with Crippen molar-refractivity contribution in [3.8, 4) is 0 Å². The number of nitrogens with zero attached hydrogens (tertiary/aromatic N) is 1. The molecule has 0 aliphatic heterocycles. The summed E-state index contributed by atoms with van der Waals surface area (Å²) in [5.41, 5.74) is 5.45. The van der Waals surface area contributed by atoms with Crippen molar-refractivity contribution in [1.82, 2.24) is 4.90 Å². The summed E-state index contributed by atoms with van der Waals surface area (Å²) in [5, 5.41) is 0. The number of rotatable bonds is 16. The molecule has 0 aliphatic rings. The lowest BCUT2D eigenvalue weighted by atomic mass is 9.91. The molecule has 0 unspecified atom stereocenters. The number of hydrogen-bond acceptors (Lipinski definition) is 8. The van der Waals surface area contributed by atoms with E-state index >= 15 is 0 Å². The Balaban J connectivity index is 3.46. The average Bonchev–Trinajstić information content (AvgIpc) is 2.60. The minimum absolute atomic E-state index is 0.118. The third-order valence-corrected chi connectivity index (χ3v) is 3.64. The molecule has 27 heavy (non-hydrogen) atoms. The van der Waals surface area contributed by atoms with E-state index in [1.807, 2.05) is 11.9 Å². The van der Waals surface area contributed by atoms with E-state index < -0.39 is 0 Å². The summed E-state index contributed by atoms with van der Waals surface area (Å²) in [4.78, 5) is 25.2. The number of esters is 2. The van der Waals surface area contributed by atoms with Crippen LogP contribution in [-0.2, 0) is 28.5 Å². The van der Waals surface area contributed by atoms with Crippen molar-refractivity contribution in [3.05, 3.63) is 0 Å². The van der Waals surface area contributed by atoms with Crippen LogP contribution in [0.2, 0.25) is 0 Å². The zero-order chi connectivity index (χ0) is 20.5. The molecule has 0 saturated heterocycles. The Morgan fingerprint density at radius 2 is 1.37 bits per heavy atom. The molecule has 0 aromatic carbocycles. The second-order valence-corrected chi connectivity index (χ2v) is 7.57. The van der Waals surface area contributed by atoms with Gasteiger partial charge in [0.25, 0.3) is 0 Å². The first kappa shape index (κ1) is 25.8. The summed E-state index contributed by atoms with van der Waals surface area (Å²) in [6.45, 7) is 10.2. The van der Waals surface area contributed by atoms with Gasteiger partial charge in [0.1, 0.15) is 13.2 Å². The SMILES string of the molecule is CN(CCOCCN)CCC(=O)OCCOCCOC(=O)CCC(C)(C)C. The fourth-order valence-electron chi connectivity index (χ4n) is 1.95. The first-order valence-corrected chi connectivity index (χ1v) is 9.60. The van der Waals surface area contributed by atoms with Crippen LogP contribution < -0.4 is 5.73 Å². The number of hydrogen-bond donors (Lipinski definition) is 1. The van der Waals surface area contributed by atoms with Crippen LogP contribution in [0.4, 0.5) is 0 Å². The molecule has 0 heterocycles. The van der Waals surface area contributed by atoms with Crippen molar-refractivity contribution in [3.63, 3.8) is 0 Å². The highest BCUT2D eigenvalue weighted by molar-refractivity contribution is 5.69. The number of carbonyl (C=O) groups is 2. The van der Waals surface area contributed by atoms with Gasteiger partial charge in [-0.1, -0.05) is 20.8 Å². The van der Waals surface area contributed by atoms with E-state index in [1.54, 1.807) is 0 Å². The van der Waals surface area contributed by atoms with Gasteiger partial charge in [0.15, 0.2) is 0 Å². The van der Waals surface area contributed by atoms with Crippen LogP contribution in [0.1, 0.15) is 40.0 Å². The first-order chi connectivity index (χ1) is 12.7. The largest absolute Gasteiger partial charge is 0.463 e. The minimum Gasteiger partial charge on any atom is -0.463 e. The summed E-state index contributed by atoms with van der Waals surface area (Å²) in [6, 6.07) is 0. The number of ether oxygens (including phenoxy) is 4. The van der Waals surface area contributed by atoms with E-state index in [0.717, 1.165) is 13.0 Å². The zero-order valence-electron chi connectivity index (χ0n) is 17.5. The molecule has 0 rings (SSSR count). The van der Waals surface area contributed by atoms with Gasteiger partial charge in [0.05, 0.1) is 32.8 Å². The lowest BCUT2D eigenvalue weighted by Gasteiger charge is -2.17. The third-order valence-electron chi connectivity index (χ3n) is 3.64. The summed E-state index contributed by atoms with van der Waals surface area (Å²) in [6.07, 6.45) is 1.52. The maximum absolute atomic E-state index is 11.6. The van der Waals surface area contributed by atoms with Crippen LogP contribution in [-0.4, -0.2) is 83.2 Å². The normalized spacial score (nSPS) is 11.6. The van der Waals surface area contributed by atoms with Gasteiger partial charge >= 0.3 is 11.9 Å². The Morgan fingerprint density at radius 1 is 0.815 bits per heavy atom. The molecular weight excluding hydrogens is 352 g/mol. The van der Waals surface area contributed by atoms with Crippen molar-refractivity contribution >= 4 is 11.9 Å². The van der Waals surface area contributed by atoms with Crippen LogP contribution in [0.25, 0.3) is 0 Å². The van der Waals surface area contributed by atoms with Crippen molar-refractivity contribution in [1.29, 1.82) is 0 Å². The van der Waals surface area contributed by atoms with E-state index in [2.05, 4.69) is 20.8 Å². The third kappa shape index (κ3) is 19.3. The van der Waals surface area contributed by atoms with Crippen LogP contribution >= 0.6 is 0 Å². The molecule has 8 nitrogen and oxygen atoms in total. The summed E-state index contributed by atoms with van der Waals surface area (Å²) in [5.74, 6) is -0.473. The molecule has 8 heteroatoms. The molecule has 0 amide bonds.